The number of nitrogens with one attached hydrogen (secondary N) is 1. The lowest BCUT2D eigenvalue weighted by Crippen LogP contribution is -2.50. The number of aromatic nitrogens is 2. The third-order valence-electron chi connectivity index (χ3n) is 6.05. The second-order valence-corrected chi connectivity index (χ2v) is 9.36. The Morgan fingerprint density at radius 3 is 2.10 bits per heavy atom. The number of amides is 1. The molecule has 3 aromatic rings. The molecule has 0 aliphatic heterocycles. The quantitative estimate of drug-likeness (QED) is 0.311. The van der Waals surface area contributed by atoms with Crippen LogP contribution in [0.2, 0.25) is 5.02 Å². The van der Waals surface area contributed by atoms with Gasteiger partial charge in [-0.2, -0.15) is 44.6 Å². The van der Waals surface area contributed by atoms with Crippen LogP contribution in [0.15, 0.2) is 42.7 Å². The Balaban J connectivity index is 1.82. The molecule has 1 heterocycles. The third-order valence-corrected chi connectivity index (χ3v) is 6.38. The number of alkyl halides is 10. The van der Waals surface area contributed by atoms with Crippen LogP contribution < -0.4 is 5.32 Å². The van der Waals surface area contributed by atoms with Crippen LogP contribution in [0.5, 0.6) is 0 Å². The SMILES string of the molecule is Cc1cc(C(F)(C(F)(F)F)C(F)(F)F)cc(C(F)(F)F)c1-n1cc(-c2ccc(Cl)c(C(=O)NC3CC3)c2)cn1. The molecule has 1 aromatic heterocycles. The van der Waals surface area contributed by atoms with Crippen LogP contribution in [0.4, 0.5) is 43.9 Å². The summed E-state index contributed by atoms with van der Waals surface area (Å²) in [5, 5.41) is 6.61. The second-order valence-electron chi connectivity index (χ2n) is 8.96. The summed E-state index contributed by atoms with van der Waals surface area (Å²) in [6, 6.07) is 3.69. The normalized spacial score (nSPS) is 15.0. The molecule has 0 unspecified atom stereocenters. The van der Waals surface area contributed by atoms with Gasteiger partial charge in [-0.15, -0.1) is 0 Å². The molecule has 4 rings (SSSR count). The van der Waals surface area contributed by atoms with E-state index in [-0.39, 0.29) is 33.8 Å². The summed E-state index contributed by atoms with van der Waals surface area (Å²) in [6.45, 7) is 0.797. The first-order valence-corrected chi connectivity index (χ1v) is 11.4. The smallest absolute Gasteiger partial charge is 0.349 e. The first-order chi connectivity index (χ1) is 17.8. The van der Waals surface area contributed by atoms with Gasteiger partial charge in [0.25, 0.3) is 5.91 Å². The molecule has 0 spiro atoms. The minimum absolute atomic E-state index is 0.00413. The number of rotatable bonds is 5. The van der Waals surface area contributed by atoms with Gasteiger partial charge in [0.1, 0.15) is 0 Å². The van der Waals surface area contributed by atoms with Gasteiger partial charge in [-0.05, 0) is 49.1 Å². The molecule has 2 aromatic carbocycles. The minimum Gasteiger partial charge on any atom is -0.349 e. The van der Waals surface area contributed by atoms with E-state index >= 15 is 0 Å². The van der Waals surface area contributed by atoms with E-state index in [1.54, 1.807) is 0 Å². The number of hydrogen-bond donors (Lipinski definition) is 1. The molecule has 4 nitrogen and oxygen atoms in total. The second kappa shape index (κ2) is 9.42. The molecule has 1 amide bonds. The van der Waals surface area contributed by atoms with E-state index in [2.05, 4.69) is 10.4 Å². The maximum absolute atomic E-state index is 14.6. The van der Waals surface area contributed by atoms with Crippen molar-refractivity contribution in [1.29, 1.82) is 0 Å². The molecular formula is C24H16ClF10N3O. The van der Waals surface area contributed by atoms with Crippen LogP contribution in [0.1, 0.15) is 39.9 Å². The molecule has 0 saturated heterocycles. The van der Waals surface area contributed by atoms with Gasteiger partial charge in [-0.3, -0.25) is 4.79 Å². The van der Waals surface area contributed by atoms with Crippen molar-refractivity contribution in [2.24, 2.45) is 0 Å². The highest BCUT2D eigenvalue weighted by Crippen LogP contribution is 2.54. The van der Waals surface area contributed by atoms with Crippen molar-refractivity contribution >= 4 is 17.5 Å². The molecule has 1 aliphatic rings. The fourth-order valence-corrected chi connectivity index (χ4v) is 4.15. The van der Waals surface area contributed by atoms with Gasteiger partial charge >= 0.3 is 24.2 Å². The van der Waals surface area contributed by atoms with Gasteiger partial charge in [-0.1, -0.05) is 23.7 Å². The first kappa shape index (κ1) is 28.7. The average molecular weight is 588 g/mol. The van der Waals surface area contributed by atoms with Crippen molar-refractivity contribution in [3.8, 4) is 16.8 Å². The molecule has 0 bridgehead atoms. The maximum Gasteiger partial charge on any atom is 0.435 e. The molecule has 1 N–H and O–H groups in total. The van der Waals surface area contributed by atoms with Gasteiger partial charge in [0.15, 0.2) is 0 Å². The van der Waals surface area contributed by atoms with Crippen LogP contribution in [0, 0.1) is 6.92 Å². The first-order valence-electron chi connectivity index (χ1n) is 11.0. The number of nitrogens with zero attached hydrogens (tertiary/aromatic N) is 2. The standard InChI is InChI=1S/C24H16ClF10N3O/c1-11-6-14(21(26,23(30,31)32)24(33,34)35)8-17(22(27,28)29)19(11)38-10-13(9-36-38)12-2-5-18(25)16(7-12)20(39)37-15-3-4-15/h2,5-10,15H,3-4H2,1H3,(H,37,39). The van der Waals surface area contributed by atoms with Crippen molar-refractivity contribution < 1.29 is 48.7 Å². The zero-order valence-corrected chi connectivity index (χ0v) is 20.2. The van der Waals surface area contributed by atoms with E-state index in [0.29, 0.717) is 4.68 Å². The highest BCUT2D eigenvalue weighted by Gasteiger charge is 2.73. The van der Waals surface area contributed by atoms with E-state index in [4.69, 9.17) is 11.6 Å². The van der Waals surface area contributed by atoms with Crippen LogP contribution in [-0.4, -0.2) is 34.1 Å². The Labute approximate surface area is 218 Å². The largest absolute Gasteiger partial charge is 0.435 e. The van der Waals surface area contributed by atoms with Crippen LogP contribution in [0.3, 0.4) is 0 Å². The Bertz CT molecular complexity index is 1410. The highest BCUT2D eigenvalue weighted by molar-refractivity contribution is 6.34. The monoisotopic (exact) mass is 587 g/mol. The van der Waals surface area contributed by atoms with E-state index in [0.717, 1.165) is 32.2 Å². The van der Waals surface area contributed by atoms with Crippen LogP contribution in [0.25, 0.3) is 16.8 Å². The highest BCUT2D eigenvalue weighted by atomic mass is 35.5. The topological polar surface area (TPSA) is 46.9 Å². The zero-order chi connectivity index (χ0) is 29.1. The van der Waals surface area contributed by atoms with Crippen LogP contribution >= 0.6 is 11.6 Å². The Morgan fingerprint density at radius 1 is 0.949 bits per heavy atom. The van der Waals surface area contributed by atoms with E-state index in [1.807, 2.05) is 0 Å². The summed E-state index contributed by atoms with van der Waals surface area (Å²) < 4.78 is 136. The third kappa shape index (κ3) is 5.30. The lowest BCUT2D eigenvalue weighted by atomic mass is 9.90. The van der Waals surface area contributed by atoms with Crippen molar-refractivity contribution in [3.63, 3.8) is 0 Å². The molecule has 0 atom stereocenters. The summed E-state index contributed by atoms with van der Waals surface area (Å²) in [7, 11) is 0. The fraction of sp³-hybridized carbons (Fsp3) is 0.333. The maximum atomic E-state index is 14.6. The van der Waals surface area contributed by atoms with Crippen molar-refractivity contribution in [2.45, 2.75) is 50.0 Å². The van der Waals surface area contributed by atoms with Gasteiger partial charge in [-0.25, -0.2) is 9.07 Å². The lowest BCUT2D eigenvalue weighted by molar-refractivity contribution is -0.348. The number of hydrogen-bond acceptors (Lipinski definition) is 2. The van der Waals surface area contributed by atoms with E-state index in [1.165, 1.54) is 18.2 Å². The summed E-state index contributed by atoms with van der Waals surface area (Å²) in [5.41, 5.74) is -11.5. The van der Waals surface area contributed by atoms with Crippen molar-refractivity contribution in [3.05, 3.63) is 70.0 Å². The minimum atomic E-state index is -6.60. The number of benzene rings is 2. The van der Waals surface area contributed by atoms with Gasteiger partial charge in [0.2, 0.25) is 0 Å². The zero-order valence-electron chi connectivity index (χ0n) is 19.5. The molecule has 1 fully saturated rings. The van der Waals surface area contributed by atoms with Crippen LogP contribution in [-0.2, 0) is 11.8 Å². The van der Waals surface area contributed by atoms with Gasteiger partial charge in [0, 0.05) is 23.4 Å². The average Bonchev–Trinajstić information content (AvgIpc) is 3.48. The Kier molecular flexibility index (Phi) is 6.93. The Hall–Kier alpha value is -3.29. The molecular weight excluding hydrogens is 572 g/mol. The molecule has 1 saturated carbocycles. The summed E-state index contributed by atoms with van der Waals surface area (Å²) in [4.78, 5) is 12.4. The molecule has 15 heteroatoms. The molecule has 210 valence electrons. The summed E-state index contributed by atoms with van der Waals surface area (Å²) in [6.07, 6.45) is -15.0. The number of halogens is 11. The number of carbonyl (C=O) groups is 1. The van der Waals surface area contributed by atoms with Gasteiger partial charge in [0.05, 0.1) is 28.0 Å². The summed E-state index contributed by atoms with van der Waals surface area (Å²) in [5.74, 6) is -0.480. The molecule has 1 aliphatic carbocycles. The number of carbonyl (C=O) groups excluding carboxylic acids is 1. The van der Waals surface area contributed by atoms with E-state index in [9.17, 15) is 48.7 Å². The van der Waals surface area contributed by atoms with Crippen molar-refractivity contribution in [2.75, 3.05) is 0 Å². The molecule has 0 radical (unpaired) electrons. The predicted octanol–water partition coefficient (Wildman–Crippen LogP) is 7.70. The number of aryl methyl sites for hydroxylation is 1. The van der Waals surface area contributed by atoms with E-state index < -0.39 is 58.5 Å². The van der Waals surface area contributed by atoms with Crippen molar-refractivity contribution in [1.82, 2.24) is 15.1 Å². The fourth-order valence-electron chi connectivity index (χ4n) is 3.95. The predicted molar refractivity (Wildman–Crippen MR) is 119 cm³/mol. The molecule has 39 heavy (non-hydrogen) atoms. The summed E-state index contributed by atoms with van der Waals surface area (Å²) >= 11 is 6.09. The Morgan fingerprint density at radius 2 is 1.56 bits per heavy atom. The lowest BCUT2D eigenvalue weighted by Gasteiger charge is -2.31. The van der Waals surface area contributed by atoms with Gasteiger partial charge < -0.3 is 5.32 Å².